The molecule has 0 saturated heterocycles. The zero-order chi connectivity index (χ0) is 57.5. The summed E-state index contributed by atoms with van der Waals surface area (Å²) in [6.07, 6.45) is 0. The van der Waals surface area contributed by atoms with Crippen molar-refractivity contribution in [1.82, 2.24) is 14.1 Å². The number of nitrogens with zero attached hydrogens (tertiary/aromatic N) is 5. The summed E-state index contributed by atoms with van der Waals surface area (Å²) in [7, 11) is 0. The molecule has 2 aromatic heterocycles. The number of hydrogen-bond acceptors (Lipinski definition) is 4. The number of para-hydroxylation sites is 6. The van der Waals surface area contributed by atoms with Crippen LogP contribution in [0.25, 0.3) is 55.8 Å². The van der Waals surface area contributed by atoms with E-state index < -0.39 is 60.7 Å². The van der Waals surface area contributed by atoms with Crippen molar-refractivity contribution in [3.8, 4) is 56.4 Å². The molecule has 12 rings (SSSR count). The van der Waals surface area contributed by atoms with Crippen molar-refractivity contribution in [1.29, 1.82) is 0 Å². The Bertz CT molecular complexity index is 4370. The summed E-state index contributed by atoms with van der Waals surface area (Å²) in [5.41, 5.74) is 8.72. The van der Waals surface area contributed by atoms with Crippen molar-refractivity contribution in [2.24, 2.45) is 0 Å². The molecule has 0 spiro atoms. The minimum atomic E-state index is -0.728. The van der Waals surface area contributed by atoms with Crippen LogP contribution in [0.1, 0.15) is 40.0 Å². The standard InChI is InChI=1S/C64H50BN5O.Pt/c1-64(2,3)55-44-60(70-59-42-22-21-41-58(59)69(50-33-17-8-18-34-50)65(70)49-31-15-7-16-32-49)66-63(61(55)48-29-13-6-14-30-48)71-52-36-23-35-51(43-52)67-45-68(57-40-20-19-39-56(57)67)62-53(46-25-9-4-10-26-46)37-24-38-54(62)47-27-11-5-12-28-47;/h4-44H,1-3H3;/i4D,6D,9D,10D,13D,14D,25D,26D,29D,30D;. The summed E-state index contributed by atoms with van der Waals surface area (Å²) in [4.78, 5) is 9.89. The van der Waals surface area contributed by atoms with Crippen LogP contribution in [0.5, 0.6) is 11.6 Å². The summed E-state index contributed by atoms with van der Waals surface area (Å²) in [6.45, 7) is 5.59. The van der Waals surface area contributed by atoms with Crippen LogP contribution >= 0.6 is 0 Å². The predicted octanol–water partition coefficient (Wildman–Crippen LogP) is 15.7. The van der Waals surface area contributed by atoms with Gasteiger partial charge < -0.3 is 0 Å². The van der Waals surface area contributed by atoms with E-state index in [1.54, 1.807) is 12.1 Å². The average molecular weight is 1120 g/mol. The van der Waals surface area contributed by atoms with Gasteiger partial charge in [0.25, 0.3) is 0 Å². The zero-order valence-electron chi connectivity index (χ0n) is 49.4. The van der Waals surface area contributed by atoms with Gasteiger partial charge in [-0.25, -0.2) is 0 Å². The van der Waals surface area contributed by atoms with Gasteiger partial charge in [0.05, 0.1) is 1.37 Å². The van der Waals surface area contributed by atoms with E-state index in [4.69, 9.17) is 17.9 Å². The molecule has 0 fully saturated rings. The molecule has 3 heterocycles. The third kappa shape index (κ3) is 8.10. The molecular weight excluding hydrogens is 1060 g/mol. The third-order valence-corrected chi connectivity index (χ3v) is 13.9. The minimum absolute atomic E-state index is 0.0166. The normalized spacial score (nSPS) is 14.3. The van der Waals surface area contributed by atoms with E-state index in [0.29, 0.717) is 37.9 Å². The number of aromatic nitrogens is 3. The first-order valence-electron chi connectivity index (χ1n) is 28.6. The van der Waals surface area contributed by atoms with Crippen molar-refractivity contribution in [2.75, 3.05) is 9.62 Å². The maximum absolute atomic E-state index is 9.42. The van der Waals surface area contributed by atoms with E-state index >= 15 is 0 Å². The van der Waals surface area contributed by atoms with Crippen LogP contribution < -0.4 is 19.8 Å². The molecule has 6 nitrogen and oxygen atoms in total. The molecule has 0 radical (unpaired) electrons. The molecule has 0 unspecified atom stereocenters. The molecule has 0 aliphatic carbocycles. The topological polar surface area (TPSA) is 38.5 Å². The van der Waals surface area contributed by atoms with Crippen LogP contribution in [0.3, 0.4) is 0 Å². The van der Waals surface area contributed by atoms with Crippen LogP contribution in [0.4, 0.5) is 22.9 Å². The number of anilines is 4. The number of imidazole rings is 1. The average Bonchev–Trinajstić information content (AvgIpc) is 2.71. The van der Waals surface area contributed by atoms with Crippen LogP contribution in [0.15, 0.2) is 248 Å². The van der Waals surface area contributed by atoms with Gasteiger partial charge in [0.2, 0.25) is 0 Å². The molecule has 1 aliphatic rings. The van der Waals surface area contributed by atoms with Gasteiger partial charge in [0.1, 0.15) is 0 Å². The summed E-state index contributed by atoms with van der Waals surface area (Å²) in [5.74, 6) is 0.835. The molecular formula is C64H50BN5OPt. The summed E-state index contributed by atoms with van der Waals surface area (Å²) in [6, 6.07) is 56.8. The van der Waals surface area contributed by atoms with E-state index in [0.717, 1.165) is 44.7 Å². The maximum atomic E-state index is 9.42. The van der Waals surface area contributed by atoms with Crippen LogP contribution in [0.2, 0.25) is 0 Å². The molecule has 72 heavy (non-hydrogen) atoms. The Kier molecular flexibility index (Phi) is 9.14. The van der Waals surface area contributed by atoms with Gasteiger partial charge in [-0.05, 0) is 18.2 Å². The third-order valence-electron chi connectivity index (χ3n) is 12.9. The second kappa shape index (κ2) is 18.8. The van der Waals surface area contributed by atoms with Crippen molar-refractivity contribution >= 4 is 46.4 Å². The van der Waals surface area contributed by atoms with E-state index in [1.807, 2.05) is 160 Å². The monoisotopic (exact) mass is 1120 g/mol. The van der Waals surface area contributed by atoms with Crippen molar-refractivity contribution in [2.45, 2.75) is 26.2 Å². The molecule has 1 aliphatic heterocycles. The van der Waals surface area contributed by atoms with Gasteiger partial charge in [-0.2, -0.15) is 0 Å². The van der Waals surface area contributed by atoms with Crippen LogP contribution in [-0.2, 0) is 24.8 Å². The Morgan fingerprint density at radius 2 is 1.06 bits per heavy atom. The number of hydrogen-bond donors (Lipinski definition) is 0. The zero-order valence-corrected chi connectivity index (χ0v) is 41.7. The molecule has 9 aromatic carbocycles. The fraction of sp³-hybridized carbons (Fsp3) is 0.0625. The van der Waals surface area contributed by atoms with Crippen molar-refractivity contribution in [3.63, 3.8) is 0 Å². The van der Waals surface area contributed by atoms with E-state index in [9.17, 15) is 5.48 Å². The van der Waals surface area contributed by atoms with Gasteiger partial charge in [0.15, 0.2) is 0 Å². The second-order valence-electron chi connectivity index (χ2n) is 18.4. The second-order valence-corrected chi connectivity index (χ2v) is 19.4. The molecule has 0 atom stereocenters. The van der Waals surface area contributed by atoms with E-state index in [2.05, 4.69) is 74.5 Å². The summed E-state index contributed by atoms with van der Waals surface area (Å²) in [5, 5.41) is 0. The Hall–Kier alpha value is -8.25. The van der Waals surface area contributed by atoms with E-state index in [1.165, 1.54) is 0 Å². The quantitative estimate of drug-likeness (QED) is 0.128. The first-order chi connectivity index (χ1) is 39.5. The SMILES string of the molecule is [2H]c1c([2H])c([2H])c(-c2cccc(-c3ccccc3)c2-n2[c](=[Pt])n(-c3cccc(Oc4nc(N5B(c6ccccc6)N(c6ccccc6)c6ccccc65)cc(C(C)(C)C)c4-c4c([2H])c([2H])c([2H])c([2H])c4[2H])c3)c3ccccc32)c([2H])c1[2H]. The van der Waals surface area contributed by atoms with E-state index in [-0.39, 0.29) is 34.7 Å². The molecule has 8 heteroatoms. The first-order valence-corrected chi connectivity index (χ1v) is 24.7. The molecule has 0 amide bonds. The number of benzene rings is 9. The number of ether oxygens (including phenoxy) is 1. The molecule has 11 aromatic rings. The Labute approximate surface area is 446 Å². The fourth-order valence-electron chi connectivity index (χ4n) is 9.79. The van der Waals surface area contributed by atoms with Gasteiger partial charge in [-0.15, -0.1) is 0 Å². The summed E-state index contributed by atoms with van der Waals surface area (Å²) >= 11 is 2.27. The molecule has 0 bridgehead atoms. The van der Waals surface area contributed by atoms with Crippen molar-refractivity contribution < 1.29 is 37.8 Å². The Balaban J connectivity index is 1.10. The van der Waals surface area contributed by atoms with Gasteiger partial charge >= 0.3 is 362 Å². The van der Waals surface area contributed by atoms with Gasteiger partial charge in [-0.3, -0.25) is 0 Å². The molecule has 350 valence electrons. The molecule has 0 saturated carbocycles. The number of pyridine rings is 1. The van der Waals surface area contributed by atoms with Crippen LogP contribution in [0, 0.1) is 3.80 Å². The predicted molar refractivity (Wildman–Crippen MR) is 294 cm³/mol. The Morgan fingerprint density at radius 3 is 1.72 bits per heavy atom. The van der Waals surface area contributed by atoms with Gasteiger partial charge in [-0.1, -0.05) is 60.7 Å². The number of rotatable bonds is 10. The first kappa shape index (κ1) is 35.0. The van der Waals surface area contributed by atoms with Gasteiger partial charge in [0, 0.05) is 5.69 Å². The van der Waals surface area contributed by atoms with Crippen LogP contribution in [-0.4, -0.2) is 21.1 Å². The summed E-state index contributed by atoms with van der Waals surface area (Å²) < 4.78 is 101. The Morgan fingerprint density at radius 1 is 0.514 bits per heavy atom. The van der Waals surface area contributed by atoms with Crippen molar-refractivity contribution in [3.05, 3.63) is 258 Å². The number of fused-ring (bicyclic) bond motifs is 2. The molecule has 0 N–H and O–H groups in total. The fourth-order valence-corrected chi connectivity index (χ4v) is 10.9.